The molecule has 1 aromatic heterocycles. The van der Waals surface area contributed by atoms with Gasteiger partial charge in [0.15, 0.2) is 5.82 Å². The number of rotatable bonds is 6. The lowest BCUT2D eigenvalue weighted by Crippen LogP contribution is -2.23. The molecule has 1 fully saturated rings. The van der Waals surface area contributed by atoms with Crippen molar-refractivity contribution in [3.8, 4) is 0 Å². The Morgan fingerprint density at radius 3 is 2.70 bits per heavy atom. The van der Waals surface area contributed by atoms with E-state index in [2.05, 4.69) is 32.3 Å². The van der Waals surface area contributed by atoms with Gasteiger partial charge in [-0.2, -0.15) is 10.1 Å². The second-order valence-electron chi connectivity index (χ2n) is 5.75. The third-order valence-corrected chi connectivity index (χ3v) is 3.94. The van der Waals surface area contributed by atoms with Crippen molar-refractivity contribution in [3.05, 3.63) is 6.20 Å². The third-order valence-electron chi connectivity index (χ3n) is 3.94. The van der Waals surface area contributed by atoms with Gasteiger partial charge in [-0.25, -0.2) is 0 Å². The molecule has 112 valence electrons. The number of hydrogen-bond acceptors (Lipinski definition) is 5. The maximum atomic E-state index is 4.59. The van der Waals surface area contributed by atoms with Crippen LogP contribution in [-0.4, -0.2) is 34.8 Å². The summed E-state index contributed by atoms with van der Waals surface area (Å²) in [6.45, 7) is 3.17. The molecule has 0 radical (unpaired) electrons. The van der Waals surface area contributed by atoms with Crippen molar-refractivity contribution in [2.24, 2.45) is 0 Å². The van der Waals surface area contributed by atoms with Crippen molar-refractivity contribution < 1.29 is 0 Å². The van der Waals surface area contributed by atoms with E-state index < -0.39 is 0 Å². The summed E-state index contributed by atoms with van der Waals surface area (Å²) in [5, 5.41) is 11.7. The maximum Gasteiger partial charge on any atom is 0.247 e. The fourth-order valence-electron chi connectivity index (χ4n) is 2.65. The second kappa shape index (κ2) is 8.02. The summed E-state index contributed by atoms with van der Waals surface area (Å²) >= 11 is 0. The smallest absolute Gasteiger partial charge is 0.247 e. The van der Waals surface area contributed by atoms with E-state index in [1.807, 2.05) is 7.05 Å². The van der Waals surface area contributed by atoms with Crippen LogP contribution in [0.1, 0.15) is 58.3 Å². The second-order valence-corrected chi connectivity index (χ2v) is 5.75. The van der Waals surface area contributed by atoms with Crippen molar-refractivity contribution in [3.63, 3.8) is 0 Å². The fraction of sp³-hybridized carbons (Fsp3) is 0.800. The summed E-state index contributed by atoms with van der Waals surface area (Å²) in [5.74, 6) is 1.59. The molecule has 1 N–H and O–H groups in total. The Bertz CT molecular complexity index is 388. The van der Waals surface area contributed by atoms with E-state index in [4.69, 9.17) is 0 Å². The Labute approximate surface area is 122 Å². The van der Waals surface area contributed by atoms with Gasteiger partial charge in [-0.05, 0) is 19.3 Å². The normalized spacial score (nSPS) is 16.7. The number of anilines is 2. The van der Waals surface area contributed by atoms with Gasteiger partial charge < -0.3 is 10.2 Å². The number of unbranched alkanes of at least 4 members (excludes halogenated alkanes) is 1. The molecule has 0 spiro atoms. The van der Waals surface area contributed by atoms with Crippen LogP contribution in [0.2, 0.25) is 0 Å². The van der Waals surface area contributed by atoms with Gasteiger partial charge in [-0.3, -0.25) is 0 Å². The number of aromatic nitrogens is 3. The molecule has 0 amide bonds. The van der Waals surface area contributed by atoms with Crippen molar-refractivity contribution in [2.45, 2.75) is 64.3 Å². The van der Waals surface area contributed by atoms with Gasteiger partial charge in [-0.15, -0.1) is 5.10 Å². The zero-order valence-corrected chi connectivity index (χ0v) is 12.8. The lowest BCUT2D eigenvalue weighted by atomic mass is 10.1. The Morgan fingerprint density at radius 2 is 2.00 bits per heavy atom. The van der Waals surface area contributed by atoms with Crippen LogP contribution in [0.15, 0.2) is 6.20 Å². The zero-order valence-electron chi connectivity index (χ0n) is 12.8. The molecule has 1 aromatic rings. The van der Waals surface area contributed by atoms with Gasteiger partial charge in [-0.1, -0.05) is 39.0 Å². The Hall–Kier alpha value is -1.39. The van der Waals surface area contributed by atoms with Crippen LogP contribution >= 0.6 is 0 Å². The highest BCUT2D eigenvalue weighted by molar-refractivity contribution is 5.39. The first-order valence-electron chi connectivity index (χ1n) is 7.97. The maximum absolute atomic E-state index is 4.59. The predicted octanol–water partition coefficient (Wildman–Crippen LogP) is 3.24. The Morgan fingerprint density at radius 1 is 1.25 bits per heavy atom. The average molecular weight is 277 g/mol. The molecule has 0 bridgehead atoms. The highest BCUT2D eigenvalue weighted by atomic mass is 15.3. The monoisotopic (exact) mass is 277 g/mol. The molecule has 1 heterocycles. The minimum atomic E-state index is 0.544. The molecule has 0 unspecified atom stereocenters. The quantitative estimate of drug-likeness (QED) is 0.809. The average Bonchev–Trinajstić information content (AvgIpc) is 2.73. The molecular formula is C15H27N5. The van der Waals surface area contributed by atoms with Gasteiger partial charge in [0.25, 0.3) is 0 Å². The van der Waals surface area contributed by atoms with E-state index in [9.17, 15) is 0 Å². The lowest BCUT2D eigenvalue weighted by Gasteiger charge is -2.19. The summed E-state index contributed by atoms with van der Waals surface area (Å²) in [4.78, 5) is 6.67. The van der Waals surface area contributed by atoms with Crippen LogP contribution in [-0.2, 0) is 0 Å². The van der Waals surface area contributed by atoms with E-state index in [0.29, 0.717) is 6.04 Å². The predicted molar refractivity (Wildman–Crippen MR) is 83.1 cm³/mol. The lowest BCUT2D eigenvalue weighted by molar-refractivity contribution is 0.616. The first-order chi connectivity index (χ1) is 9.79. The van der Waals surface area contributed by atoms with Crippen molar-refractivity contribution in [2.75, 3.05) is 23.8 Å². The van der Waals surface area contributed by atoms with Crippen LogP contribution in [0.5, 0.6) is 0 Å². The highest BCUT2D eigenvalue weighted by Crippen LogP contribution is 2.20. The van der Waals surface area contributed by atoms with Crippen LogP contribution in [0.4, 0.5) is 11.8 Å². The first kappa shape index (κ1) is 15.0. The molecular weight excluding hydrogens is 250 g/mol. The minimum absolute atomic E-state index is 0.544. The molecule has 1 saturated carbocycles. The van der Waals surface area contributed by atoms with E-state index in [-0.39, 0.29) is 0 Å². The van der Waals surface area contributed by atoms with Gasteiger partial charge >= 0.3 is 0 Å². The van der Waals surface area contributed by atoms with Crippen LogP contribution in [0, 0.1) is 0 Å². The SMILES string of the molecule is CCCCN(C)c1nncc(NC2CCCCCC2)n1. The molecule has 0 aliphatic heterocycles. The molecule has 20 heavy (non-hydrogen) atoms. The number of nitrogens with zero attached hydrogens (tertiary/aromatic N) is 4. The summed E-state index contributed by atoms with van der Waals surface area (Å²) < 4.78 is 0. The standard InChI is InChI=1S/C15H27N5/c1-3-4-11-20(2)15-18-14(12-16-19-15)17-13-9-7-5-6-8-10-13/h12-13H,3-11H2,1-2H3,(H,17,18,19). The highest BCUT2D eigenvalue weighted by Gasteiger charge is 2.13. The summed E-state index contributed by atoms with van der Waals surface area (Å²) in [7, 11) is 2.03. The third kappa shape index (κ3) is 4.62. The van der Waals surface area contributed by atoms with Gasteiger partial charge in [0.05, 0.1) is 6.20 Å². The number of nitrogens with one attached hydrogen (secondary N) is 1. The number of hydrogen-bond donors (Lipinski definition) is 1. The molecule has 0 saturated heterocycles. The molecule has 5 nitrogen and oxygen atoms in total. The Kier molecular flexibility index (Phi) is 6.02. The van der Waals surface area contributed by atoms with E-state index in [1.165, 1.54) is 44.9 Å². The zero-order chi connectivity index (χ0) is 14.2. The molecule has 0 aromatic carbocycles. The molecule has 0 atom stereocenters. The van der Waals surface area contributed by atoms with Crippen molar-refractivity contribution in [1.29, 1.82) is 0 Å². The largest absolute Gasteiger partial charge is 0.366 e. The van der Waals surface area contributed by atoms with Crippen LogP contribution < -0.4 is 10.2 Å². The van der Waals surface area contributed by atoms with E-state index >= 15 is 0 Å². The Balaban J connectivity index is 1.94. The summed E-state index contributed by atoms with van der Waals surface area (Å²) in [6, 6.07) is 0.544. The molecule has 1 aliphatic rings. The van der Waals surface area contributed by atoms with Crippen molar-refractivity contribution >= 4 is 11.8 Å². The van der Waals surface area contributed by atoms with Crippen LogP contribution in [0.25, 0.3) is 0 Å². The fourth-order valence-corrected chi connectivity index (χ4v) is 2.65. The minimum Gasteiger partial charge on any atom is -0.366 e. The molecule has 1 aliphatic carbocycles. The van der Waals surface area contributed by atoms with Crippen LogP contribution in [0.3, 0.4) is 0 Å². The summed E-state index contributed by atoms with van der Waals surface area (Å²) in [6.07, 6.45) is 11.9. The van der Waals surface area contributed by atoms with Gasteiger partial charge in [0, 0.05) is 19.6 Å². The van der Waals surface area contributed by atoms with Gasteiger partial charge in [0.2, 0.25) is 5.95 Å². The van der Waals surface area contributed by atoms with E-state index in [0.717, 1.165) is 24.7 Å². The van der Waals surface area contributed by atoms with Gasteiger partial charge in [0.1, 0.15) is 0 Å². The molecule has 2 rings (SSSR count). The van der Waals surface area contributed by atoms with E-state index in [1.54, 1.807) is 6.20 Å². The first-order valence-corrected chi connectivity index (χ1v) is 7.97. The molecule has 5 heteroatoms. The van der Waals surface area contributed by atoms with Crippen molar-refractivity contribution in [1.82, 2.24) is 15.2 Å². The topological polar surface area (TPSA) is 53.9 Å². The summed E-state index contributed by atoms with van der Waals surface area (Å²) in [5.41, 5.74) is 0.